The number of anilines is 2. The van der Waals surface area contributed by atoms with E-state index in [0.717, 1.165) is 25.0 Å². The quantitative estimate of drug-likeness (QED) is 0.300. The summed E-state index contributed by atoms with van der Waals surface area (Å²) in [6.07, 6.45) is 3.54. The molecule has 1 amide bonds. The van der Waals surface area contributed by atoms with E-state index in [1.165, 1.54) is 0 Å². The van der Waals surface area contributed by atoms with Crippen LogP contribution in [0.15, 0.2) is 30.5 Å². The molecule has 1 fully saturated rings. The number of halogens is 3. The zero-order chi connectivity index (χ0) is 26.5. The van der Waals surface area contributed by atoms with E-state index in [4.69, 9.17) is 9.72 Å². The van der Waals surface area contributed by atoms with Crippen LogP contribution in [0, 0.1) is 23.4 Å². The molecule has 1 atom stereocenters. The van der Waals surface area contributed by atoms with Crippen molar-refractivity contribution >= 4 is 28.4 Å². The van der Waals surface area contributed by atoms with Crippen LogP contribution in [-0.2, 0) is 4.74 Å². The number of hydrogen-bond acceptors (Lipinski definition) is 6. The smallest absolute Gasteiger partial charge is 0.251 e. The van der Waals surface area contributed by atoms with E-state index in [2.05, 4.69) is 34.4 Å². The van der Waals surface area contributed by atoms with Gasteiger partial charge in [-0.15, -0.1) is 0 Å². The normalized spacial score (nSPS) is 14.7. The molecular formula is C27H32F3N5O2. The maximum Gasteiger partial charge on any atom is 0.251 e. The molecule has 1 aliphatic heterocycles. The third kappa shape index (κ3) is 6.49. The standard InChI is InChI=1S/C27H32F3N5O2/c1-16(2)5-4-6-31-27(36)18-11-20(17(3)33-19-13-21(28)25(30)22(29)14-19)26-23(12-18)32-15-24(34-26)35-7-9-37-10-8-35/h11-17,33H,4-10H2,1-3H3,(H,31,36). The number of hydrogen-bond donors (Lipinski definition) is 2. The molecule has 0 aliphatic carbocycles. The molecule has 2 aromatic carbocycles. The highest BCUT2D eigenvalue weighted by atomic mass is 19.2. The SMILES string of the molecule is CC(C)CCCNC(=O)c1cc(C(C)Nc2cc(F)c(F)c(F)c2)c2nc(N3CCOCC3)cnc2c1. The Morgan fingerprint density at radius 3 is 2.46 bits per heavy atom. The van der Waals surface area contributed by atoms with Gasteiger partial charge in [-0.1, -0.05) is 13.8 Å². The number of amides is 1. The molecule has 2 heterocycles. The van der Waals surface area contributed by atoms with E-state index in [0.29, 0.717) is 66.7 Å². The van der Waals surface area contributed by atoms with Crippen molar-refractivity contribution < 1.29 is 22.7 Å². The van der Waals surface area contributed by atoms with Gasteiger partial charge in [-0.25, -0.2) is 18.2 Å². The van der Waals surface area contributed by atoms with Crippen LogP contribution in [0.3, 0.4) is 0 Å². The topological polar surface area (TPSA) is 79.4 Å². The van der Waals surface area contributed by atoms with Crippen molar-refractivity contribution in [3.63, 3.8) is 0 Å². The van der Waals surface area contributed by atoms with Gasteiger partial charge in [-0.2, -0.15) is 0 Å². The molecule has 3 aromatic rings. The Morgan fingerprint density at radius 1 is 1.08 bits per heavy atom. The van der Waals surface area contributed by atoms with Crippen molar-refractivity contribution in [2.24, 2.45) is 5.92 Å². The third-order valence-electron chi connectivity index (χ3n) is 6.34. The lowest BCUT2D eigenvalue weighted by Crippen LogP contribution is -2.36. The molecule has 4 rings (SSSR count). The summed E-state index contributed by atoms with van der Waals surface area (Å²) in [6.45, 7) is 9.12. The molecule has 1 aliphatic rings. The number of rotatable bonds is 9. The lowest BCUT2D eigenvalue weighted by Gasteiger charge is -2.28. The summed E-state index contributed by atoms with van der Waals surface area (Å²) >= 11 is 0. The molecule has 10 heteroatoms. The molecule has 1 unspecified atom stereocenters. The monoisotopic (exact) mass is 515 g/mol. The summed E-state index contributed by atoms with van der Waals surface area (Å²) in [7, 11) is 0. The van der Waals surface area contributed by atoms with Gasteiger partial charge in [0, 0.05) is 48.6 Å². The van der Waals surface area contributed by atoms with Crippen molar-refractivity contribution in [2.45, 2.75) is 39.7 Å². The number of carbonyl (C=O) groups excluding carboxylic acids is 1. The Morgan fingerprint density at radius 2 is 1.78 bits per heavy atom. The molecule has 0 bridgehead atoms. The van der Waals surface area contributed by atoms with Crippen LogP contribution in [0.1, 0.15) is 55.6 Å². The Kier molecular flexibility index (Phi) is 8.48. The van der Waals surface area contributed by atoms with E-state index in [-0.39, 0.29) is 11.6 Å². The summed E-state index contributed by atoms with van der Waals surface area (Å²) < 4.78 is 46.5. The zero-order valence-corrected chi connectivity index (χ0v) is 21.3. The molecule has 2 N–H and O–H groups in total. The van der Waals surface area contributed by atoms with Gasteiger partial charge in [0.05, 0.1) is 36.5 Å². The number of benzene rings is 2. The van der Waals surface area contributed by atoms with Crippen LogP contribution in [0.2, 0.25) is 0 Å². The fourth-order valence-electron chi connectivity index (χ4n) is 4.32. The highest BCUT2D eigenvalue weighted by Gasteiger charge is 2.20. The lowest BCUT2D eigenvalue weighted by molar-refractivity contribution is 0.0952. The van der Waals surface area contributed by atoms with Gasteiger partial charge in [0.15, 0.2) is 17.5 Å². The molecule has 37 heavy (non-hydrogen) atoms. The van der Waals surface area contributed by atoms with Crippen molar-refractivity contribution in [1.29, 1.82) is 0 Å². The second kappa shape index (κ2) is 11.8. The number of aromatic nitrogens is 2. The van der Waals surface area contributed by atoms with Crippen molar-refractivity contribution in [2.75, 3.05) is 43.1 Å². The average molecular weight is 516 g/mol. The fourth-order valence-corrected chi connectivity index (χ4v) is 4.32. The second-order valence-corrected chi connectivity index (χ2v) is 9.67. The van der Waals surface area contributed by atoms with Gasteiger partial charge in [0.25, 0.3) is 5.91 Å². The summed E-state index contributed by atoms with van der Waals surface area (Å²) in [5.74, 6) is -3.12. The van der Waals surface area contributed by atoms with E-state index < -0.39 is 23.5 Å². The molecule has 0 radical (unpaired) electrons. The number of fused-ring (bicyclic) bond motifs is 1. The number of carbonyl (C=O) groups is 1. The molecule has 1 saturated heterocycles. The summed E-state index contributed by atoms with van der Waals surface area (Å²) in [6, 6.07) is 4.66. The first-order valence-electron chi connectivity index (χ1n) is 12.6. The minimum Gasteiger partial charge on any atom is -0.378 e. The molecule has 7 nitrogen and oxygen atoms in total. The third-order valence-corrected chi connectivity index (χ3v) is 6.34. The van der Waals surface area contributed by atoms with Gasteiger partial charge in [-0.3, -0.25) is 9.78 Å². The largest absolute Gasteiger partial charge is 0.378 e. The number of ether oxygens (including phenoxy) is 1. The Hall–Kier alpha value is -3.40. The van der Waals surface area contributed by atoms with E-state index >= 15 is 0 Å². The maximum atomic E-state index is 13.8. The van der Waals surface area contributed by atoms with E-state index in [1.807, 2.05) is 0 Å². The maximum absolute atomic E-state index is 13.8. The van der Waals surface area contributed by atoms with Crippen molar-refractivity contribution in [3.05, 3.63) is 59.0 Å². The summed E-state index contributed by atoms with van der Waals surface area (Å²) in [5.41, 5.74) is 2.18. The molecule has 198 valence electrons. The minimum absolute atomic E-state index is 0.0675. The second-order valence-electron chi connectivity index (χ2n) is 9.67. The first-order chi connectivity index (χ1) is 17.7. The number of nitrogens with one attached hydrogen (secondary N) is 2. The predicted octanol–water partition coefficient (Wildman–Crippen LogP) is 5.22. The predicted molar refractivity (Wildman–Crippen MR) is 137 cm³/mol. The number of morpholine rings is 1. The Labute approximate surface area is 214 Å². The highest BCUT2D eigenvalue weighted by molar-refractivity contribution is 5.98. The van der Waals surface area contributed by atoms with Crippen LogP contribution < -0.4 is 15.5 Å². The average Bonchev–Trinajstić information content (AvgIpc) is 2.89. The van der Waals surface area contributed by atoms with Crippen LogP contribution in [-0.4, -0.2) is 48.7 Å². The van der Waals surface area contributed by atoms with Crippen molar-refractivity contribution in [1.82, 2.24) is 15.3 Å². The van der Waals surface area contributed by atoms with Crippen LogP contribution >= 0.6 is 0 Å². The zero-order valence-electron chi connectivity index (χ0n) is 21.3. The first-order valence-corrected chi connectivity index (χ1v) is 12.6. The number of nitrogens with zero attached hydrogens (tertiary/aromatic N) is 3. The van der Waals surface area contributed by atoms with Gasteiger partial charge in [-0.05, 0) is 37.8 Å². The molecule has 0 spiro atoms. The lowest BCUT2D eigenvalue weighted by atomic mass is 10.0. The Bertz CT molecular complexity index is 1240. The summed E-state index contributed by atoms with van der Waals surface area (Å²) in [5, 5.41) is 5.96. The van der Waals surface area contributed by atoms with Gasteiger partial charge < -0.3 is 20.3 Å². The van der Waals surface area contributed by atoms with Crippen LogP contribution in [0.25, 0.3) is 11.0 Å². The van der Waals surface area contributed by atoms with Gasteiger partial charge in [0.2, 0.25) is 0 Å². The fraction of sp³-hybridized carbons (Fsp3) is 0.444. The van der Waals surface area contributed by atoms with Gasteiger partial charge >= 0.3 is 0 Å². The first kappa shape index (κ1) is 26.7. The van der Waals surface area contributed by atoms with E-state index in [9.17, 15) is 18.0 Å². The molecular weight excluding hydrogens is 483 g/mol. The van der Waals surface area contributed by atoms with Crippen molar-refractivity contribution in [3.8, 4) is 0 Å². The Balaban J connectivity index is 1.68. The van der Waals surface area contributed by atoms with Gasteiger partial charge in [0.1, 0.15) is 5.82 Å². The minimum atomic E-state index is -1.53. The molecule has 1 aromatic heterocycles. The van der Waals surface area contributed by atoms with Crippen LogP contribution in [0.4, 0.5) is 24.7 Å². The highest BCUT2D eigenvalue weighted by Crippen LogP contribution is 2.29. The molecule has 0 saturated carbocycles. The van der Waals surface area contributed by atoms with Crippen LogP contribution in [0.5, 0.6) is 0 Å². The summed E-state index contributed by atoms with van der Waals surface area (Å²) in [4.78, 5) is 24.5. The van der Waals surface area contributed by atoms with E-state index in [1.54, 1.807) is 25.3 Å².